The maximum Gasteiger partial charge on any atom is 0.241 e. The summed E-state index contributed by atoms with van der Waals surface area (Å²) in [5.41, 5.74) is 7.12. The molecule has 4 rings (SSSR count). The van der Waals surface area contributed by atoms with E-state index in [0.717, 1.165) is 0 Å². The van der Waals surface area contributed by atoms with Gasteiger partial charge in [-0.3, -0.25) is 19.9 Å². The molecule has 1 saturated heterocycles. The Kier molecular flexibility index (Phi) is 6.50. The molecule has 8 nitrogen and oxygen atoms in total. The average Bonchev–Trinajstić information content (AvgIpc) is 3.24. The first-order valence-electron chi connectivity index (χ1n) is 9.86. The molecule has 2 aliphatic heterocycles. The minimum absolute atomic E-state index is 0.0435. The number of carbonyl (C=O) groups is 2. The Morgan fingerprint density at radius 1 is 1.26 bits per heavy atom. The molecule has 2 aromatic carbocycles. The van der Waals surface area contributed by atoms with Crippen molar-refractivity contribution in [2.45, 2.75) is 13.1 Å². The number of amidine groups is 1. The maximum atomic E-state index is 13.2. The lowest BCUT2D eigenvalue weighted by atomic mass is 10.0. The van der Waals surface area contributed by atoms with Crippen LogP contribution >= 0.6 is 11.8 Å². The van der Waals surface area contributed by atoms with E-state index in [2.05, 4.69) is 21.2 Å². The van der Waals surface area contributed by atoms with Crippen molar-refractivity contribution in [2.75, 3.05) is 29.1 Å². The Labute approximate surface area is 183 Å². The molecule has 0 aliphatic carbocycles. The van der Waals surface area contributed by atoms with Gasteiger partial charge in [0.05, 0.1) is 24.0 Å². The number of hydrazine groups is 1. The van der Waals surface area contributed by atoms with Crippen LogP contribution in [0.1, 0.15) is 6.92 Å². The molecule has 2 heterocycles. The van der Waals surface area contributed by atoms with Crippen LogP contribution in [0, 0.1) is 11.7 Å². The smallest absolute Gasteiger partial charge is 0.241 e. The fraction of sp³-hybridized carbons (Fsp3) is 0.286. The number of rotatable bonds is 6. The van der Waals surface area contributed by atoms with Gasteiger partial charge >= 0.3 is 0 Å². The number of thioether (sulfide) groups is 1. The summed E-state index contributed by atoms with van der Waals surface area (Å²) >= 11 is 1.17. The van der Waals surface area contributed by atoms with E-state index in [-0.39, 0.29) is 35.5 Å². The van der Waals surface area contributed by atoms with Crippen LogP contribution in [0.25, 0.3) is 0 Å². The second-order valence-corrected chi connectivity index (χ2v) is 7.88. The van der Waals surface area contributed by atoms with Crippen molar-refractivity contribution in [1.29, 1.82) is 0 Å². The lowest BCUT2D eigenvalue weighted by molar-refractivity contribution is -0.121. The maximum absolute atomic E-state index is 13.2. The van der Waals surface area contributed by atoms with Gasteiger partial charge in [-0.05, 0) is 55.5 Å². The van der Waals surface area contributed by atoms with E-state index < -0.39 is 0 Å². The van der Waals surface area contributed by atoms with Gasteiger partial charge in [0.2, 0.25) is 11.8 Å². The summed E-state index contributed by atoms with van der Waals surface area (Å²) in [5.74, 6) is -0.324. The van der Waals surface area contributed by atoms with Crippen LogP contribution in [-0.2, 0) is 9.59 Å². The van der Waals surface area contributed by atoms with E-state index >= 15 is 0 Å². The van der Waals surface area contributed by atoms with Crippen molar-refractivity contribution < 1.29 is 18.7 Å². The van der Waals surface area contributed by atoms with Crippen LogP contribution in [-0.4, -0.2) is 42.1 Å². The molecular weight excluding hydrogens is 421 g/mol. The van der Waals surface area contributed by atoms with Crippen LogP contribution in [0.2, 0.25) is 0 Å². The predicted octanol–water partition coefficient (Wildman–Crippen LogP) is 2.35. The third-order valence-corrected chi connectivity index (χ3v) is 5.75. The number of nitrogens with one attached hydrogen (secondary N) is 3. The second kappa shape index (κ2) is 9.46. The lowest BCUT2D eigenvalue weighted by Crippen LogP contribution is -2.49. The normalized spacial score (nSPS) is 20.3. The summed E-state index contributed by atoms with van der Waals surface area (Å²) in [7, 11) is 0. The number of amides is 2. The molecule has 0 bridgehead atoms. The molecule has 2 unspecified atom stereocenters. The number of hydrogen-bond acceptors (Lipinski definition) is 7. The first-order valence-corrected chi connectivity index (χ1v) is 10.8. The predicted molar refractivity (Wildman–Crippen MR) is 118 cm³/mol. The van der Waals surface area contributed by atoms with Gasteiger partial charge < -0.3 is 10.1 Å². The van der Waals surface area contributed by atoms with Crippen LogP contribution in [0.5, 0.6) is 5.75 Å². The van der Waals surface area contributed by atoms with Gasteiger partial charge in [0.1, 0.15) is 17.7 Å². The Hall–Kier alpha value is -2.95. The molecule has 2 aromatic rings. The number of carbonyl (C=O) groups excluding carboxylic acids is 2. The van der Waals surface area contributed by atoms with Gasteiger partial charge in [-0.1, -0.05) is 11.8 Å². The van der Waals surface area contributed by atoms with Gasteiger partial charge in [0, 0.05) is 12.2 Å². The quantitative estimate of drug-likeness (QED) is 0.635. The SMILES string of the molecule is CCOc1ccc(N2C(=O)C3CNNC3N=C2SCC(=O)Nc2ccc(F)cc2)cc1. The van der Waals surface area contributed by atoms with Gasteiger partial charge in [-0.2, -0.15) is 0 Å². The van der Waals surface area contributed by atoms with Crippen LogP contribution < -0.4 is 25.8 Å². The van der Waals surface area contributed by atoms with Crippen molar-refractivity contribution in [3.05, 3.63) is 54.3 Å². The minimum Gasteiger partial charge on any atom is -0.494 e. The molecule has 3 N–H and O–H groups in total. The highest BCUT2D eigenvalue weighted by Crippen LogP contribution is 2.30. The zero-order chi connectivity index (χ0) is 21.8. The van der Waals surface area contributed by atoms with Crippen molar-refractivity contribution in [1.82, 2.24) is 10.9 Å². The number of nitrogens with zero attached hydrogens (tertiary/aromatic N) is 2. The molecule has 31 heavy (non-hydrogen) atoms. The minimum atomic E-state index is -0.380. The fourth-order valence-electron chi connectivity index (χ4n) is 3.33. The highest BCUT2D eigenvalue weighted by Gasteiger charge is 2.42. The zero-order valence-electron chi connectivity index (χ0n) is 16.8. The Morgan fingerprint density at radius 3 is 2.71 bits per heavy atom. The van der Waals surface area contributed by atoms with Gasteiger partial charge in [-0.15, -0.1) is 0 Å². The van der Waals surface area contributed by atoms with Crippen molar-refractivity contribution in [3.8, 4) is 5.75 Å². The van der Waals surface area contributed by atoms with E-state index in [4.69, 9.17) is 4.74 Å². The molecule has 2 atom stereocenters. The molecule has 1 fully saturated rings. The average molecular weight is 444 g/mol. The van der Waals surface area contributed by atoms with E-state index in [1.807, 2.05) is 6.92 Å². The van der Waals surface area contributed by atoms with E-state index in [0.29, 0.717) is 35.4 Å². The fourth-order valence-corrected chi connectivity index (χ4v) is 4.17. The summed E-state index contributed by atoms with van der Waals surface area (Å²) in [6.07, 6.45) is -0.380. The number of fused-ring (bicyclic) bond motifs is 1. The highest BCUT2D eigenvalue weighted by atomic mass is 32.2. The van der Waals surface area contributed by atoms with E-state index in [1.165, 1.54) is 36.0 Å². The molecule has 2 amide bonds. The second-order valence-electron chi connectivity index (χ2n) is 6.93. The molecule has 10 heteroatoms. The lowest BCUT2D eigenvalue weighted by Gasteiger charge is -2.32. The van der Waals surface area contributed by atoms with Crippen LogP contribution in [0.3, 0.4) is 0 Å². The Morgan fingerprint density at radius 2 is 2.00 bits per heavy atom. The number of ether oxygens (including phenoxy) is 1. The molecule has 0 radical (unpaired) electrons. The number of halogens is 1. The number of aliphatic imine (C=N–C) groups is 1. The number of hydrogen-bond donors (Lipinski definition) is 3. The molecule has 0 aromatic heterocycles. The highest BCUT2D eigenvalue weighted by molar-refractivity contribution is 8.14. The summed E-state index contributed by atoms with van der Waals surface area (Å²) in [6.45, 7) is 2.93. The third-order valence-electron chi connectivity index (χ3n) is 4.80. The van der Waals surface area contributed by atoms with E-state index in [1.54, 1.807) is 29.2 Å². The number of anilines is 2. The monoisotopic (exact) mass is 443 g/mol. The first kappa shape index (κ1) is 21.3. The standard InChI is InChI=1S/C21H22FN5O3S/c1-2-30-16-9-7-15(8-10-16)27-20(29)17-11-23-26-19(17)25-21(27)31-12-18(28)24-14-5-3-13(22)4-6-14/h3-10,17,19,23,26H,2,11-12H2,1H3,(H,24,28). The summed E-state index contributed by atoms with van der Waals surface area (Å²) in [4.78, 5) is 31.8. The third kappa shape index (κ3) is 4.87. The number of benzene rings is 2. The van der Waals surface area contributed by atoms with Crippen LogP contribution in [0.15, 0.2) is 53.5 Å². The molecule has 2 aliphatic rings. The summed E-state index contributed by atoms with van der Waals surface area (Å²) in [5, 5.41) is 3.14. The van der Waals surface area contributed by atoms with Crippen molar-refractivity contribution in [2.24, 2.45) is 10.9 Å². The summed E-state index contributed by atoms with van der Waals surface area (Å²) in [6, 6.07) is 12.7. The zero-order valence-corrected chi connectivity index (χ0v) is 17.6. The molecule has 162 valence electrons. The van der Waals surface area contributed by atoms with Crippen molar-refractivity contribution >= 4 is 40.1 Å². The topological polar surface area (TPSA) is 95.1 Å². The van der Waals surface area contributed by atoms with Crippen LogP contribution in [0.4, 0.5) is 15.8 Å². The molecule has 0 saturated carbocycles. The van der Waals surface area contributed by atoms with Crippen molar-refractivity contribution in [3.63, 3.8) is 0 Å². The summed E-state index contributed by atoms with van der Waals surface area (Å²) < 4.78 is 18.5. The molecular formula is C21H22FN5O3S. The van der Waals surface area contributed by atoms with Gasteiger partial charge in [-0.25, -0.2) is 14.8 Å². The Balaban J connectivity index is 1.50. The first-order chi connectivity index (χ1) is 15.0. The van der Waals surface area contributed by atoms with E-state index in [9.17, 15) is 14.0 Å². The van der Waals surface area contributed by atoms with Gasteiger partial charge in [0.15, 0.2) is 5.17 Å². The Bertz CT molecular complexity index is 984. The largest absolute Gasteiger partial charge is 0.494 e. The van der Waals surface area contributed by atoms with Gasteiger partial charge in [0.25, 0.3) is 0 Å². The molecule has 0 spiro atoms.